The lowest BCUT2D eigenvalue weighted by molar-refractivity contribution is -0.136. The van der Waals surface area contributed by atoms with Crippen molar-refractivity contribution in [2.45, 2.75) is 19.4 Å². The molecule has 1 fully saturated rings. The van der Waals surface area contributed by atoms with Gasteiger partial charge in [-0.05, 0) is 6.42 Å². The molecule has 0 radical (unpaired) electrons. The third kappa shape index (κ3) is 6.45. The summed E-state index contributed by atoms with van der Waals surface area (Å²) in [6, 6.07) is 0. The Labute approximate surface area is 107 Å². The van der Waals surface area contributed by atoms with Crippen LogP contribution in [0.3, 0.4) is 0 Å². The highest BCUT2D eigenvalue weighted by atomic mass is 35.5. The molecule has 0 bridgehead atoms. The van der Waals surface area contributed by atoms with Crippen LogP contribution in [-0.2, 0) is 14.3 Å². The molecule has 2 amide bonds. The third-order valence-electron chi connectivity index (χ3n) is 2.22. The van der Waals surface area contributed by atoms with E-state index in [1.165, 1.54) is 0 Å². The lowest BCUT2D eigenvalue weighted by Crippen LogP contribution is -2.49. The second kappa shape index (κ2) is 9.21. The van der Waals surface area contributed by atoms with Gasteiger partial charge in [0.05, 0.1) is 13.2 Å². The molecule has 1 rings (SSSR count). The number of ether oxygens (including phenoxy) is 1. The monoisotopic (exact) mass is 265 g/mol. The number of hydrogen-bond acceptors (Lipinski definition) is 4. The Bertz CT molecular complexity index is 245. The van der Waals surface area contributed by atoms with E-state index in [9.17, 15) is 9.59 Å². The van der Waals surface area contributed by atoms with Gasteiger partial charge in [0.25, 0.3) is 5.91 Å². The van der Waals surface area contributed by atoms with E-state index >= 15 is 0 Å². The molecule has 1 aliphatic heterocycles. The number of amides is 2. The Morgan fingerprint density at radius 1 is 1.41 bits per heavy atom. The molecule has 1 saturated heterocycles. The van der Waals surface area contributed by atoms with Crippen molar-refractivity contribution in [2.24, 2.45) is 0 Å². The second-order valence-corrected chi connectivity index (χ2v) is 3.63. The molecule has 0 aromatic heterocycles. The van der Waals surface area contributed by atoms with Crippen LogP contribution in [0.1, 0.15) is 13.3 Å². The molecule has 1 heterocycles. The maximum atomic E-state index is 11.5. The highest BCUT2D eigenvalue weighted by Gasteiger charge is 2.21. The summed E-state index contributed by atoms with van der Waals surface area (Å²) in [5, 5.41) is 8.28. The topological polar surface area (TPSA) is 79.5 Å². The normalized spacial score (nSPS) is 19.0. The summed E-state index contributed by atoms with van der Waals surface area (Å²) in [5.74, 6) is -0.405. The molecule has 6 nitrogen and oxygen atoms in total. The molecular formula is C10H20ClN3O3. The Hall–Kier alpha value is -0.850. The van der Waals surface area contributed by atoms with Crippen LogP contribution < -0.4 is 16.0 Å². The van der Waals surface area contributed by atoms with Gasteiger partial charge in [0.2, 0.25) is 5.91 Å². The average molecular weight is 266 g/mol. The zero-order valence-electron chi connectivity index (χ0n) is 9.95. The van der Waals surface area contributed by atoms with Crippen LogP contribution in [0.5, 0.6) is 0 Å². The van der Waals surface area contributed by atoms with Crippen LogP contribution >= 0.6 is 12.4 Å². The van der Waals surface area contributed by atoms with Crippen molar-refractivity contribution < 1.29 is 14.3 Å². The minimum Gasteiger partial charge on any atom is -0.366 e. The Kier molecular flexibility index (Phi) is 8.75. The van der Waals surface area contributed by atoms with Gasteiger partial charge in [0, 0.05) is 19.6 Å². The molecule has 1 unspecified atom stereocenters. The summed E-state index contributed by atoms with van der Waals surface area (Å²) < 4.78 is 5.25. The quantitative estimate of drug-likeness (QED) is 0.598. The summed E-state index contributed by atoms with van der Waals surface area (Å²) in [4.78, 5) is 22.7. The summed E-state index contributed by atoms with van der Waals surface area (Å²) in [5.41, 5.74) is 0. The standard InChI is InChI=1S/C10H19N3O3.ClH/c1-2-3-12-9(14)7-13-10(15)8-6-11-4-5-16-8;/h8,11H,2-7H2,1H3,(H,12,14)(H,13,15);1H. The van der Waals surface area contributed by atoms with Gasteiger partial charge in [-0.3, -0.25) is 9.59 Å². The summed E-state index contributed by atoms with van der Waals surface area (Å²) in [6.07, 6.45) is 0.405. The van der Waals surface area contributed by atoms with Gasteiger partial charge in [0.15, 0.2) is 0 Å². The van der Waals surface area contributed by atoms with E-state index in [4.69, 9.17) is 4.74 Å². The summed E-state index contributed by atoms with van der Waals surface area (Å²) >= 11 is 0. The van der Waals surface area contributed by atoms with Gasteiger partial charge in [-0.2, -0.15) is 0 Å². The van der Waals surface area contributed by atoms with Crippen molar-refractivity contribution in [3.05, 3.63) is 0 Å². The van der Waals surface area contributed by atoms with E-state index < -0.39 is 6.10 Å². The molecule has 0 spiro atoms. The van der Waals surface area contributed by atoms with E-state index in [-0.39, 0.29) is 30.8 Å². The van der Waals surface area contributed by atoms with Crippen molar-refractivity contribution in [1.82, 2.24) is 16.0 Å². The summed E-state index contributed by atoms with van der Waals surface area (Å²) in [6.45, 7) is 4.42. The molecule has 0 aromatic rings. The van der Waals surface area contributed by atoms with E-state index in [0.29, 0.717) is 19.7 Å². The van der Waals surface area contributed by atoms with Crippen LogP contribution in [0, 0.1) is 0 Å². The fourth-order valence-corrected chi connectivity index (χ4v) is 1.34. The lowest BCUT2D eigenvalue weighted by Gasteiger charge is -2.22. The number of carbonyl (C=O) groups excluding carboxylic acids is 2. The predicted octanol–water partition coefficient (Wildman–Crippen LogP) is -0.961. The van der Waals surface area contributed by atoms with Crippen LogP contribution in [0.2, 0.25) is 0 Å². The fraction of sp³-hybridized carbons (Fsp3) is 0.800. The number of hydrogen-bond donors (Lipinski definition) is 3. The van der Waals surface area contributed by atoms with Crippen LogP contribution in [0.25, 0.3) is 0 Å². The van der Waals surface area contributed by atoms with Crippen molar-refractivity contribution in [3.63, 3.8) is 0 Å². The fourth-order valence-electron chi connectivity index (χ4n) is 1.34. The molecule has 17 heavy (non-hydrogen) atoms. The average Bonchev–Trinajstić information content (AvgIpc) is 2.34. The van der Waals surface area contributed by atoms with Crippen LogP contribution in [0.4, 0.5) is 0 Å². The second-order valence-electron chi connectivity index (χ2n) is 3.63. The molecule has 0 saturated carbocycles. The van der Waals surface area contributed by atoms with Gasteiger partial charge in [-0.15, -0.1) is 12.4 Å². The van der Waals surface area contributed by atoms with Gasteiger partial charge < -0.3 is 20.7 Å². The highest BCUT2D eigenvalue weighted by molar-refractivity contribution is 5.87. The van der Waals surface area contributed by atoms with Gasteiger partial charge in [0.1, 0.15) is 6.10 Å². The van der Waals surface area contributed by atoms with E-state index in [0.717, 1.165) is 13.0 Å². The number of halogens is 1. The maximum Gasteiger partial charge on any atom is 0.250 e. The Morgan fingerprint density at radius 2 is 2.18 bits per heavy atom. The molecule has 1 atom stereocenters. The van der Waals surface area contributed by atoms with Crippen LogP contribution in [0.15, 0.2) is 0 Å². The minimum absolute atomic E-state index is 0. The third-order valence-corrected chi connectivity index (χ3v) is 2.22. The molecule has 7 heteroatoms. The van der Waals surface area contributed by atoms with Crippen molar-refractivity contribution in [3.8, 4) is 0 Å². The number of rotatable bonds is 5. The van der Waals surface area contributed by atoms with Crippen LogP contribution in [-0.4, -0.2) is 50.7 Å². The highest BCUT2D eigenvalue weighted by Crippen LogP contribution is 1.95. The predicted molar refractivity (Wildman–Crippen MR) is 66.2 cm³/mol. The Balaban J connectivity index is 0.00000256. The molecule has 3 N–H and O–H groups in total. The first-order valence-corrected chi connectivity index (χ1v) is 5.60. The van der Waals surface area contributed by atoms with E-state index in [1.807, 2.05) is 6.92 Å². The van der Waals surface area contributed by atoms with E-state index in [1.54, 1.807) is 0 Å². The van der Waals surface area contributed by atoms with E-state index in [2.05, 4.69) is 16.0 Å². The summed E-state index contributed by atoms with van der Waals surface area (Å²) in [7, 11) is 0. The van der Waals surface area contributed by atoms with Crippen molar-refractivity contribution >= 4 is 24.2 Å². The van der Waals surface area contributed by atoms with Crippen molar-refractivity contribution in [1.29, 1.82) is 0 Å². The SMILES string of the molecule is CCCNC(=O)CNC(=O)C1CNCCO1.Cl. The van der Waals surface area contributed by atoms with Gasteiger partial charge in [-0.25, -0.2) is 0 Å². The first-order valence-electron chi connectivity index (χ1n) is 5.60. The first kappa shape index (κ1) is 16.1. The largest absolute Gasteiger partial charge is 0.366 e. The first-order chi connectivity index (χ1) is 7.74. The van der Waals surface area contributed by atoms with Crippen molar-refractivity contribution in [2.75, 3.05) is 32.8 Å². The minimum atomic E-state index is -0.479. The molecule has 0 aliphatic carbocycles. The Morgan fingerprint density at radius 3 is 2.76 bits per heavy atom. The molecular weight excluding hydrogens is 246 g/mol. The number of carbonyl (C=O) groups is 2. The number of nitrogens with one attached hydrogen (secondary N) is 3. The zero-order valence-corrected chi connectivity index (χ0v) is 10.8. The molecule has 100 valence electrons. The smallest absolute Gasteiger partial charge is 0.250 e. The number of morpholine rings is 1. The molecule has 1 aliphatic rings. The van der Waals surface area contributed by atoms with Gasteiger partial charge in [-0.1, -0.05) is 6.92 Å². The molecule has 0 aromatic carbocycles. The maximum absolute atomic E-state index is 11.5. The zero-order chi connectivity index (χ0) is 11.8. The lowest BCUT2D eigenvalue weighted by atomic mass is 10.3. The van der Waals surface area contributed by atoms with Gasteiger partial charge >= 0.3 is 0 Å².